The van der Waals surface area contributed by atoms with Gasteiger partial charge in [-0.05, 0) is 55.9 Å². The van der Waals surface area contributed by atoms with Crippen LogP contribution in [0.1, 0.15) is 25.7 Å². The molecule has 0 radical (unpaired) electrons. The molecule has 1 amide bonds. The summed E-state index contributed by atoms with van der Waals surface area (Å²) in [5.41, 5.74) is 2.78. The van der Waals surface area contributed by atoms with Gasteiger partial charge < -0.3 is 18.8 Å². The Hall–Kier alpha value is -3.73. The van der Waals surface area contributed by atoms with E-state index in [1.165, 1.54) is 0 Å². The summed E-state index contributed by atoms with van der Waals surface area (Å²) in [6, 6.07) is 11.2. The van der Waals surface area contributed by atoms with Crippen LogP contribution in [0.15, 0.2) is 42.7 Å². The van der Waals surface area contributed by atoms with Crippen LogP contribution in [0.25, 0.3) is 15.9 Å². The molecule has 2 aliphatic heterocycles. The van der Waals surface area contributed by atoms with E-state index in [4.69, 9.17) is 20.8 Å². The van der Waals surface area contributed by atoms with E-state index in [9.17, 15) is 4.79 Å². The summed E-state index contributed by atoms with van der Waals surface area (Å²) in [5.74, 6) is 1.74. The smallest absolute Gasteiger partial charge is 0.415 e. The summed E-state index contributed by atoms with van der Waals surface area (Å²) < 4.78 is 19.4. The first kappa shape index (κ1) is 19.9. The summed E-state index contributed by atoms with van der Waals surface area (Å²) in [5, 5.41) is 0. The number of carbonyl (C=O) groups excluding carboxylic acids is 1. The molecule has 0 unspecified atom stereocenters. The summed E-state index contributed by atoms with van der Waals surface area (Å²) in [4.78, 5) is 22.6. The number of imidazole rings is 1. The Morgan fingerprint density at radius 1 is 1.15 bits per heavy atom. The van der Waals surface area contributed by atoms with E-state index in [1.54, 1.807) is 11.0 Å². The number of ether oxygens (including phenoxy) is 3. The lowest BCUT2D eigenvalue weighted by Crippen LogP contribution is -2.40. The Kier molecular flexibility index (Phi) is 4.64. The molecular weight excluding hydrogens is 420 g/mol. The molecule has 168 valence electrons. The van der Waals surface area contributed by atoms with Crippen LogP contribution in [0.3, 0.4) is 0 Å². The molecule has 2 atom stereocenters. The third-order valence-corrected chi connectivity index (χ3v) is 6.90. The molecule has 3 aliphatic rings. The van der Waals surface area contributed by atoms with E-state index in [0.717, 1.165) is 48.9 Å². The number of hydrogen-bond donors (Lipinski definition) is 0. The molecule has 1 spiro atoms. The van der Waals surface area contributed by atoms with E-state index in [2.05, 4.69) is 14.4 Å². The van der Waals surface area contributed by atoms with Crippen LogP contribution >= 0.6 is 0 Å². The van der Waals surface area contributed by atoms with Crippen LogP contribution < -0.4 is 14.4 Å². The Labute approximate surface area is 191 Å². The monoisotopic (exact) mass is 444 g/mol. The minimum Gasteiger partial charge on any atom is -0.486 e. The second-order valence-corrected chi connectivity index (χ2v) is 9.11. The van der Waals surface area contributed by atoms with E-state index in [0.29, 0.717) is 42.9 Å². The molecule has 1 aliphatic carbocycles. The molecular formula is C25H24N4O4. The maximum Gasteiger partial charge on any atom is 0.415 e. The molecule has 3 heterocycles. The second kappa shape index (κ2) is 7.69. The van der Waals surface area contributed by atoms with Gasteiger partial charge in [0.1, 0.15) is 18.8 Å². The first-order valence-electron chi connectivity index (χ1n) is 11.3. The van der Waals surface area contributed by atoms with Crippen molar-refractivity contribution in [2.45, 2.75) is 37.8 Å². The van der Waals surface area contributed by atoms with Crippen LogP contribution in [0.5, 0.6) is 11.5 Å². The van der Waals surface area contributed by atoms with Gasteiger partial charge in [-0.15, -0.1) is 0 Å². The van der Waals surface area contributed by atoms with Crippen molar-refractivity contribution in [3.05, 3.63) is 54.1 Å². The van der Waals surface area contributed by atoms with Crippen molar-refractivity contribution in [1.29, 1.82) is 0 Å². The number of anilines is 1. The van der Waals surface area contributed by atoms with Gasteiger partial charge in [-0.25, -0.2) is 14.6 Å². The Morgan fingerprint density at radius 2 is 2.03 bits per heavy atom. The largest absolute Gasteiger partial charge is 0.486 e. The maximum absolute atomic E-state index is 12.9. The quantitative estimate of drug-likeness (QED) is 0.535. The van der Waals surface area contributed by atoms with Crippen molar-refractivity contribution in [2.75, 3.05) is 24.7 Å². The highest BCUT2D eigenvalue weighted by Gasteiger charge is 2.48. The SMILES string of the molecule is [C-]#[N+]c1ccc2ncn(C[C@H]3CCC[C@]4(C3)CN(c3ccc5c(c3)OCCO5)C(=O)O4)c2c1. The van der Waals surface area contributed by atoms with Crippen molar-refractivity contribution >= 4 is 28.5 Å². The molecule has 33 heavy (non-hydrogen) atoms. The Balaban J connectivity index is 1.21. The molecule has 0 N–H and O–H groups in total. The summed E-state index contributed by atoms with van der Waals surface area (Å²) in [6.45, 7) is 9.66. The normalized spacial score (nSPS) is 24.2. The van der Waals surface area contributed by atoms with Crippen LogP contribution in [0.4, 0.5) is 16.2 Å². The van der Waals surface area contributed by atoms with E-state index in [-0.39, 0.29) is 6.09 Å². The van der Waals surface area contributed by atoms with Crippen LogP contribution in [0.2, 0.25) is 0 Å². The van der Waals surface area contributed by atoms with Crippen molar-refractivity contribution in [3.8, 4) is 11.5 Å². The molecule has 2 aromatic carbocycles. The second-order valence-electron chi connectivity index (χ2n) is 9.11. The summed E-state index contributed by atoms with van der Waals surface area (Å²) >= 11 is 0. The molecule has 3 aromatic rings. The molecule has 1 aromatic heterocycles. The minimum absolute atomic E-state index is 0.304. The van der Waals surface area contributed by atoms with E-state index >= 15 is 0 Å². The molecule has 8 heteroatoms. The fraction of sp³-hybridized carbons (Fsp3) is 0.400. The highest BCUT2D eigenvalue weighted by atomic mass is 16.6. The highest BCUT2D eigenvalue weighted by molar-refractivity contribution is 5.90. The minimum atomic E-state index is -0.481. The number of aromatic nitrogens is 2. The first-order valence-corrected chi connectivity index (χ1v) is 11.3. The Bertz CT molecular complexity index is 1280. The lowest BCUT2D eigenvalue weighted by Gasteiger charge is -2.36. The van der Waals surface area contributed by atoms with Gasteiger partial charge >= 0.3 is 6.09 Å². The number of rotatable bonds is 3. The average Bonchev–Trinajstić information content (AvgIpc) is 3.38. The van der Waals surface area contributed by atoms with Gasteiger partial charge in [0.05, 0.1) is 36.2 Å². The average molecular weight is 444 g/mol. The van der Waals surface area contributed by atoms with Gasteiger partial charge in [-0.2, -0.15) is 0 Å². The number of amides is 1. The van der Waals surface area contributed by atoms with Crippen LogP contribution in [-0.4, -0.2) is 41.0 Å². The summed E-state index contributed by atoms with van der Waals surface area (Å²) in [7, 11) is 0. The number of hydrogen-bond acceptors (Lipinski definition) is 5. The van der Waals surface area contributed by atoms with Crippen LogP contribution in [-0.2, 0) is 11.3 Å². The summed E-state index contributed by atoms with van der Waals surface area (Å²) in [6.07, 6.45) is 5.30. The van der Waals surface area contributed by atoms with Gasteiger partial charge in [0.25, 0.3) is 0 Å². The molecule has 1 saturated carbocycles. The fourth-order valence-corrected chi connectivity index (χ4v) is 5.40. The fourth-order valence-electron chi connectivity index (χ4n) is 5.40. The zero-order valence-electron chi connectivity index (χ0n) is 18.2. The molecule has 1 saturated heterocycles. The highest BCUT2D eigenvalue weighted by Crippen LogP contribution is 2.43. The van der Waals surface area contributed by atoms with Crippen LogP contribution in [0, 0.1) is 12.5 Å². The van der Waals surface area contributed by atoms with Gasteiger partial charge in [-0.1, -0.05) is 6.07 Å². The number of carbonyl (C=O) groups is 1. The third-order valence-electron chi connectivity index (χ3n) is 6.90. The predicted molar refractivity (Wildman–Crippen MR) is 122 cm³/mol. The van der Waals surface area contributed by atoms with Crippen molar-refractivity contribution in [1.82, 2.24) is 9.55 Å². The van der Waals surface area contributed by atoms with Gasteiger partial charge in [-0.3, -0.25) is 4.90 Å². The number of fused-ring (bicyclic) bond motifs is 2. The number of nitrogens with zero attached hydrogens (tertiary/aromatic N) is 4. The zero-order chi connectivity index (χ0) is 22.4. The van der Waals surface area contributed by atoms with Gasteiger partial charge in [0, 0.05) is 12.6 Å². The molecule has 6 rings (SSSR count). The molecule has 2 fully saturated rings. The Morgan fingerprint density at radius 3 is 2.91 bits per heavy atom. The van der Waals surface area contributed by atoms with Crippen molar-refractivity contribution in [3.63, 3.8) is 0 Å². The molecule has 8 nitrogen and oxygen atoms in total. The first-order chi connectivity index (χ1) is 16.1. The molecule has 0 bridgehead atoms. The zero-order valence-corrected chi connectivity index (χ0v) is 18.2. The van der Waals surface area contributed by atoms with Gasteiger partial charge in [0.2, 0.25) is 0 Å². The van der Waals surface area contributed by atoms with E-state index < -0.39 is 5.60 Å². The predicted octanol–water partition coefficient (Wildman–Crippen LogP) is 4.94. The standard InChI is InChI=1S/C25H24N4O4/c1-26-18-4-6-20-21(11-18)28(16-27-20)14-17-3-2-8-25(13-17)15-29(24(30)33-25)19-5-7-22-23(12-19)32-10-9-31-22/h4-7,11-12,16-17H,2-3,8-10,13-15H2/t17-,25-/m0/s1. The van der Waals surface area contributed by atoms with Crippen molar-refractivity contribution in [2.24, 2.45) is 5.92 Å². The third kappa shape index (κ3) is 3.54. The van der Waals surface area contributed by atoms with E-state index in [1.807, 2.05) is 36.7 Å². The maximum atomic E-state index is 12.9. The van der Waals surface area contributed by atoms with Crippen molar-refractivity contribution < 1.29 is 19.0 Å². The lowest BCUT2D eigenvalue weighted by atomic mass is 9.78. The van der Waals surface area contributed by atoms with Gasteiger partial charge in [0.15, 0.2) is 17.2 Å². The lowest BCUT2D eigenvalue weighted by molar-refractivity contribution is 0.00439. The number of benzene rings is 2. The topological polar surface area (TPSA) is 70.2 Å².